The van der Waals surface area contributed by atoms with E-state index < -0.39 is 0 Å². The zero-order valence-electron chi connectivity index (χ0n) is 9.51. The van der Waals surface area contributed by atoms with E-state index in [0.29, 0.717) is 0 Å². The summed E-state index contributed by atoms with van der Waals surface area (Å²) < 4.78 is 1.31. The number of benzene rings is 1. The lowest BCUT2D eigenvalue weighted by molar-refractivity contribution is 0.349. The molecule has 1 heterocycles. The topological polar surface area (TPSA) is 12.0 Å². The highest BCUT2D eigenvalue weighted by molar-refractivity contribution is 9.10. The zero-order valence-corrected chi connectivity index (χ0v) is 11.1. The van der Waals surface area contributed by atoms with E-state index in [1.54, 1.807) is 11.1 Å². The molecule has 0 aromatic heterocycles. The van der Waals surface area contributed by atoms with Gasteiger partial charge in [0.2, 0.25) is 0 Å². The highest BCUT2D eigenvalue weighted by Gasteiger charge is 2.28. The molecule has 0 spiro atoms. The van der Waals surface area contributed by atoms with Crippen molar-refractivity contribution in [2.75, 3.05) is 6.54 Å². The van der Waals surface area contributed by atoms with Crippen molar-refractivity contribution in [3.8, 4) is 0 Å². The minimum atomic E-state index is 0.778. The minimum Gasteiger partial charge on any atom is -0.314 e. The Morgan fingerprint density at radius 2 is 2.19 bits per heavy atom. The van der Waals surface area contributed by atoms with Crippen molar-refractivity contribution in [1.82, 2.24) is 5.32 Å². The third-order valence-corrected chi connectivity index (χ3v) is 4.88. The van der Waals surface area contributed by atoms with Crippen molar-refractivity contribution in [2.45, 2.75) is 38.1 Å². The molecule has 0 radical (unpaired) electrons. The first-order valence-corrected chi connectivity index (χ1v) is 7.13. The summed E-state index contributed by atoms with van der Waals surface area (Å²) in [7, 11) is 0. The summed E-state index contributed by atoms with van der Waals surface area (Å²) in [5.41, 5.74) is 3.12. The second kappa shape index (κ2) is 4.50. The van der Waals surface area contributed by atoms with Gasteiger partial charge < -0.3 is 5.32 Å². The fourth-order valence-corrected chi connectivity index (χ4v) is 3.80. The molecule has 1 saturated heterocycles. The lowest BCUT2D eigenvalue weighted by Crippen LogP contribution is -2.34. The molecular formula is C14H18BrN. The molecule has 1 fully saturated rings. The number of hydrogen-bond donors (Lipinski definition) is 1. The number of halogens is 1. The average Bonchev–Trinajstić information content (AvgIpc) is 2.83. The van der Waals surface area contributed by atoms with Crippen LogP contribution < -0.4 is 5.32 Å². The van der Waals surface area contributed by atoms with Crippen LogP contribution in [0.4, 0.5) is 0 Å². The van der Waals surface area contributed by atoms with Gasteiger partial charge in [0.05, 0.1) is 0 Å². The molecule has 0 bridgehead atoms. The highest BCUT2D eigenvalue weighted by Crippen LogP contribution is 2.34. The molecule has 16 heavy (non-hydrogen) atoms. The van der Waals surface area contributed by atoms with Crippen molar-refractivity contribution in [1.29, 1.82) is 0 Å². The molecule has 1 aliphatic heterocycles. The van der Waals surface area contributed by atoms with Crippen LogP contribution in [-0.2, 0) is 12.8 Å². The van der Waals surface area contributed by atoms with E-state index in [0.717, 1.165) is 12.0 Å². The molecular weight excluding hydrogens is 262 g/mol. The molecule has 1 aromatic carbocycles. The first-order chi connectivity index (χ1) is 7.84. The van der Waals surface area contributed by atoms with Crippen LogP contribution in [0.2, 0.25) is 0 Å². The van der Waals surface area contributed by atoms with Gasteiger partial charge in [0.1, 0.15) is 0 Å². The molecule has 1 nitrogen and oxygen atoms in total. The number of nitrogens with one attached hydrogen (secondary N) is 1. The molecule has 1 N–H and O–H groups in total. The third kappa shape index (κ3) is 1.93. The standard InChI is InChI=1S/C14H18BrN/c15-13-4-1-3-10-6-7-11(9-12(10)13)14-5-2-8-16-14/h1,3-4,11,14,16H,2,5-9H2. The van der Waals surface area contributed by atoms with Gasteiger partial charge >= 0.3 is 0 Å². The maximum Gasteiger partial charge on any atom is 0.0210 e. The van der Waals surface area contributed by atoms with Crippen LogP contribution >= 0.6 is 15.9 Å². The summed E-state index contributed by atoms with van der Waals surface area (Å²) in [4.78, 5) is 0. The van der Waals surface area contributed by atoms with Gasteiger partial charge in [-0.05, 0) is 61.8 Å². The van der Waals surface area contributed by atoms with Gasteiger partial charge in [-0.2, -0.15) is 0 Å². The van der Waals surface area contributed by atoms with E-state index in [4.69, 9.17) is 0 Å². The Morgan fingerprint density at radius 1 is 1.25 bits per heavy atom. The van der Waals surface area contributed by atoms with Crippen molar-refractivity contribution in [2.24, 2.45) is 5.92 Å². The second-order valence-electron chi connectivity index (χ2n) is 5.08. The van der Waals surface area contributed by atoms with Gasteiger partial charge in [0.15, 0.2) is 0 Å². The fourth-order valence-electron chi connectivity index (χ4n) is 3.23. The van der Waals surface area contributed by atoms with E-state index in [-0.39, 0.29) is 0 Å². The lowest BCUT2D eigenvalue weighted by Gasteiger charge is -2.30. The lowest BCUT2D eigenvalue weighted by atomic mass is 9.79. The maximum absolute atomic E-state index is 3.70. The molecule has 1 aliphatic carbocycles. The predicted molar refractivity (Wildman–Crippen MR) is 70.7 cm³/mol. The predicted octanol–water partition coefficient (Wildman–Crippen LogP) is 3.31. The van der Waals surface area contributed by atoms with Gasteiger partial charge in [0, 0.05) is 10.5 Å². The van der Waals surface area contributed by atoms with Crippen LogP contribution in [-0.4, -0.2) is 12.6 Å². The van der Waals surface area contributed by atoms with Crippen LogP contribution in [0.3, 0.4) is 0 Å². The first-order valence-electron chi connectivity index (χ1n) is 6.34. The van der Waals surface area contributed by atoms with Crippen LogP contribution in [0.5, 0.6) is 0 Å². The summed E-state index contributed by atoms with van der Waals surface area (Å²) in [5, 5.41) is 3.66. The van der Waals surface area contributed by atoms with Gasteiger partial charge in [-0.15, -0.1) is 0 Å². The maximum atomic E-state index is 3.70. The van der Waals surface area contributed by atoms with E-state index in [9.17, 15) is 0 Å². The second-order valence-corrected chi connectivity index (χ2v) is 5.94. The van der Waals surface area contributed by atoms with Gasteiger partial charge in [-0.1, -0.05) is 28.1 Å². The van der Waals surface area contributed by atoms with E-state index in [1.807, 2.05) is 0 Å². The Bertz CT molecular complexity index is 382. The Morgan fingerprint density at radius 3 is 3.00 bits per heavy atom. The average molecular weight is 280 g/mol. The molecule has 1 aromatic rings. The van der Waals surface area contributed by atoms with Gasteiger partial charge in [0.25, 0.3) is 0 Å². The summed E-state index contributed by atoms with van der Waals surface area (Å²) >= 11 is 3.70. The largest absolute Gasteiger partial charge is 0.314 e. The van der Waals surface area contributed by atoms with Crippen LogP contribution in [0, 0.1) is 5.92 Å². The first kappa shape index (κ1) is 10.8. The number of hydrogen-bond acceptors (Lipinski definition) is 1. The smallest absolute Gasteiger partial charge is 0.0210 e. The SMILES string of the molecule is Brc1cccc2c1CC(C1CCCN1)CC2. The van der Waals surface area contributed by atoms with Crippen LogP contribution in [0.15, 0.2) is 22.7 Å². The van der Waals surface area contributed by atoms with E-state index >= 15 is 0 Å². The molecule has 2 aliphatic rings. The van der Waals surface area contributed by atoms with Crippen LogP contribution in [0.25, 0.3) is 0 Å². The fraction of sp³-hybridized carbons (Fsp3) is 0.571. The monoisotopic (exact) mass is 279 g/mol. The molecule has 86 valence electrons. The summed E-state index contributed by atoms with van der Waals surface area (Å²) in [6.07, 6.45) is 6.63. The van der Waals surface area contributed by atoms with Gasteiger partial charge in [-0.3, -0.25) is 0 Å². The number of aryl methyl sites for hydroxylation is 1. The molecule has 3 rings (SSSR count). The molecule has 2 unspecified atom stereocenters. The molecule has 2 heteroatoms. The highest BCUT2D eigenvalue weighted by atomic mass is 79.9. The Balaban J connectivity index is 1.82. The normalized spacial score (nSPS) is 29.1. The molecule has 2 atom stereocenters. The quantitative estimate of drug-likeness (QED) is 0.832. The summed E-state index contributed by atoms with van der Waals surface area (Å²) in [6, 6.07) is 7.42. The van der Waals surface area contributed by atoms with E-state index in [2.05, 4.69) is 39.4 Å². The Labute approximate surface area is 106 Å². The molecule has 0 saturated carbocycles. The minimum absolute atomic E-state index is 0.778. The summed E-state index contributed by atoms with van der Waals surface area (Å²) in [6.45, 7) is 1.23. The molecule has 0 amide bonds. The number of fused-ring (bicyclic) bond motifs is 1. The summed E-state index contributed by atoms with van der Waals surface area (Å²) in [5.74, 6) is 0.855. The zero-order chi connectivity index (χ0) is 11.0. The van der Waals surface area contributed by atoms with Crippen molar-refractivity contribution in [3.05, 3.63) is 33.8 Å². The van der Waals surface area contributed by atoms with Crippen molar-refractivity contribution >= 4 is 15.9 Å². The Kier molecular flexibility index (Phi) is 3.03. The van der Waals surface area contributed by atoms with Crippen molar-refractivity contribution in [3.63, 3.8) is 0 Å². The van der Waals surface area contributed by atoms with E-state index in [1.165, 1.54) is 43.1 Å². The van der Waals surface area contributed by atoms with Crippen molar-refractivity contribution < 1.29 is 0 Å². The van der Waals surface area contributed by atoms with Gasteiger partial charge in [-0.25, -0.2) is 0 Å². The van der Waals surface area contributed by atoms with Crippen LogP contribution in [0.1, 0.15) is 30.4 Å². The third-order valence-electron chi connectivity index (χ3n) is 4.13. The Hall–Kier alpha value is -0.340. The number of rotatable bonds is 1.